The number of carboxylic acid groups (broad SMARTS) is 2. The van der Waals surface area contributed by atoms with Crippen molar-refractivity contribution in [1.29, 1.82) is 5.41 Å². The van der Waals surface area contributed by atoms with Gasteiger partial charge >= 0.3 is 11.9 Å². The second kappa shape index (κ2) is 60.0. The molecule has 782 valence electrons. The first-order valence-electron chi connectivity index (χ1n) is 46.5. The van der Waals surface area contributed by atoms with E-state index in [1.165, 1.54) is 18.7 Å². The van der Waals surface area contributed by atoms with Gasteiger partial charge in [-0.15, -0.1) is 0 Å². The minimum atomic E-state index is -2.24. The van der Waals surface area contributed by atoms with Gasteiger partial charge in [0.1, 0.15) is 90.6 Å². The van der Waals surface area contributed by atoms with Crippen LogP contribution in [0.3, 0.4) is 0 Å². The van der Waals surface area contributed by atoms with Crippen LogP contribution in [0.2, 0.25) is 0 Å². The minimum Gasteiger partial charge on any atom is -0.481 e. The average molecular weight is 2060 g/mol. The molecule has 4 aliphatic heterocycles. The molecule has 19 amide bonds. The van der Waals surface area contributed by atoms with Gasteiger partial charge in [-0.2, -0.15) is 40.8 Å². The number of benzene rings is 3. The van der Waals surface area contributed by atoms with Crippen LogP contribution in [0.15, 0.2) is 91.0 Å². The van der Waals surface area contributed by atoms with Crippen LogP contribution in [0, 0.1) is 11.3 Å². The van der Waals surface area contributed by atoms with Crippen LogP contribution in [0.4, 0.5) is 0 Å². The molecule has 50 nitrogen and oxygen atoms in total. The fourth-order valence-corrected chi connectivity index (χ4v) is 18.4. The number of thioether (sulfide) groups is 3. The predicted octanol–water partition coefficient (Wildman–Crippen LogP) is -8.61. The van der Waals surface area contributed by atoms with Crippen LogP contribution in [0.25, 0.3) is 0 Å². The molecule has 4 aliphatic rings. The SMILES string of the molecule is CC(=O)C1CCSCC2NC(=O)C3CSCC(NC(=O)C(NC(=O)C(Cc4ccccc4)NO)C(C)C)C(=O)NC(CC(=O)O)C(=O)NCC(=O)NC(CC(N)=O)C(=O)NC(CCSCC(N)C(=O)NC(CCCNC(=N)N)C(=O)NC(CCC(N)=O)C(=O)N3)C(=O)NC(C(=O)O)CCCCNCC(NC(=O)C3CCCN3C(=O)CNC(=O)C(Cc3ccccc3)NC(=O)C(Cc3ccccc3)NC2=O)C(=O)N1. The summed E-state index contributed by atoms with van der Waals surface area (Å²) in [4.78, 5) is 320. The molecule has 17 atom stereocenters. The fraction of sp³-hybridized carbons (Fsp3) is 0.544. The molecule has 143 heavy (non-hydrogen) atoms. The third-order valence-corrected chi connectivity index (χ3v) is 26.5. The van der Waals surface area contributed by atoms with Gasteiger partial charge < -0.3 is 139 Å². The highest BCUT2D eigenvalue weighted by Crippen LogP contribution is 2.22. The molecule has 4 bridgehead atoms. The van der Waals surface area contributed by atoms with Gasteiger partial charge in [0.05, 0.1) is 38.0 Å². The van der Waals surface area contributed by atoms with Gasteiger partial charge in [0.15, 0.2) is 11.7 Å². The number of hydrogen-bond donors (Lipinski definition) is 27. The van der Waals surface area contributed by atoms with Crippen molar-refractivity contribution in [1.82, 2.24) is 106 Å². The summed E-state index contributed by atoms with van der Waals surface area (Å²) < 4.78 is 0. The average Bonchev–Trinajstić information content (AvgIpc) is 1.75. The number of amides is 19. The molecule has 0 aromatic heterocycles. The number of nitrogens with zero attached hydrogens (tertiary/aromatic N) is 1. The number of hydroxylamine groups is 1. The highest BCUT2D eigenvalue weighted by atomic mass is 32.2. The smallest absolute Gasteiger partial charge is 0.326 e. The number of aliphatic carboxylic acids is 2. The molecule has 0 spiro atoms. The highest BCUT2D eigenvalue weighted by Gasteiger charge is 2.42. The summed E-state index contributed by atoms with van der Waals surface area (Å²) >= 11 is 2.25. The number of hydrogen-bond acceptors (Lipinski definition) is 30. The highest BCUT2D eigenvalue weighted by molar-refractivity contribution is 7.99. The maximum absolute atomic E-state index is 16.0. The Hall–Kier alpha value is -13.6. The van der Waals surface area contributed by atoms with E-state index in [1.54, 1.807) is 91.0 Å². The fourth-order valence-electron chi connectivity index (χ4n) is 15.3. The number of guanidine groups is 1. The molecule has 3 aromatic carbocycles. The van der Waals surface area contributed by atoms with Crippen molar-refractivity contribution < 1.29 is 121 Å². The van der Waals surface area contributed by atoms with E-state index >= 15 is 33.6 Å². The third kappa shape index (κ3) is 40.4. The first kappa shape index (κ1) is 116. The van der Waals surface area contributed by atoms with Crippen molar-refractivity contribution in [3.63, 3.8) is 0 Å². The summed E-state index contributed by atoms with van der Waals surface area (Å²) in [7, 11) is 0. The van der Waals surface area contributed by atoms with Crippen LogP contribution in [0.5, 0.6) is 0 Å². The Morgan fingerprint density at radius 1 is 0.490 bits per heavy atom. The van der Waals surface area contributed by atoms with E-state index in [4.69, 9.17) is 28.3 Å². The molecule has 7 rings (SSSR count). The quantitative estimate of drug-likeness (QED) is 0.0123. The summed E-state index contributed by atoms with van der Waals surface area (Å²) in [6, 6.07) is -5.22. The Labute approximate surface area is 835 Å². The van der Waals surface area contributed by atoms with Crippen LogP contribution < -0.4 is 124 Å². The molecular formula is C90H129N25O25S3. The van der Waals surface area contributed by atoms with Crippen molar-refractivity contribution in [3.8, 4) is 0 Å². The van der Waals surface area contributed by atoms with E-state index in [1.807, 2.05) is 5.48 Å². The molecule has 0 saturated carbocycles. The number of Topliss-reactive ketones (excluding diaryl/α,β-unsaturated/α-hetero) is 1. The standard InChI is InChI=1S/C90H129N25O25S3/c1-47(2)73(113-82(131)62(114-140)37-51-21-11-6-12-22-51)88(137)112-66-46-143-45-65-86(135)111-64-44-142-33-28-53(48(3)116)101-83(132)63(109-87(136)67-25-16-32-115(67)71(120)42-99-75(124)58(35-49-17-7-4-8-18-49)106-80(129)59(107-84(64)133)36-50-19-9-5-10-20-50)40-96-30-14-13-23-57(89(138)139)105-79(128)56(104-81(130)60(38-69(93)118)100-70(119)41-98-76(125)61(39-72(121)122)108-85(66)134)29-34-141-43-52(91)74(123)102-54(24-15-31-97-90(94)95)77(126)103-55(78(127)110-65)26-27-68(92)117/h4-12,17-22,47,52-67,73,96,114,140H,13-16,23-46,91H2,1-3H3,(H2,92,117)(H2,93,118)(H,98,125)(H,99,124)(H,100,119)(H,101,132)(H,102,123)(H,103,126)(H,104,130)(H,105,128)(H,106,129)(H,107,133)(H,108,134)(H,109,136)(H,110,127)(H,111,135)(H,112,137)(H,113,131)(H,121,122)(H,138,139)(H4,94,95,97). The van der Waals surface area contributed by atoms with E-state index in [9.17, 15) is 87.3 Å². The largest absolute Gasteiger partial charge is 0.481 e. The minimum absolute atomic E-state index is 0.00786. The van der Waals surface area contributed by atoms with Crippen LogP contribution in [-0.2, 0) is 125 Å². The zero-order chi connectivity index (χ0) is 105. The zero-order valence-electron chi connectivity index (χ0n) is 79.2. The molecule has 4 heterocycles. The number of nitrogens with two attached hydrogens (primary N) is 4. The van der Waals surface area contributed by atoms with Gasteiger partial charge in [-0.25, -0.2) is 4.79 Å². The molecule has 0 radical (unpaired) electrons. The van der Waals surface area contributed by atoms with Gasteiger partial charge in [0.25, 0.3) is 0 Å². The van der Waals surface area contributed by atoms with E-state index in [0.29, 0.717) is 28.5 Å². The number of nitrogens with one attached hydrogen (secondary N) is 20. The molecule has 17 unspecified atom stereocenters. The predicted molar refractivity (Wildman–Crippen MR) is 520 cm³/mol. The van der Waals surface area contributed by atoms with E-state index in [-0.39, 0.29) is 108 Å². The zero-order valence-corrected chi connectivity index (χ0v) is 81.6. The lowest BCUT2D eigenvalue weighted by atomic mass is 10.0. The number of fused-ring (bicyclic) bond motifs is 23. The number of ketones is 1. The molecule has 53 heteroatoms. The Balaban J connectivity index is 1.48. The number of carbonyl (C=O) groups excluding carboxylic acids is 20. The van der Waals surface area contributed by atoms with Crippen molar-refractivity contribution in [2.75, 3.05) is 73.8 Å². The van der Waals surface area contributed by atoms with Crippen molar-refractivity contribution in [2.24, 2.45) is 28.9 Å². The van der Waals surface area contributed by atoms with Gasteiger partial charge in [-0.05, 0) is 118 Å². The van der Waals surface area contributed by atoms with E-state index < -0.39 is 314 Å². The second-order valence-electron chi connectivity index (χ2n) is 34.8. The Bertz CT molecular complexity index is 4980. The molecule has 4 fully saturated rings. The van der Waals surface area contributed by atoms with E-state index in [0.717, 1.165) is 30.4 Å². The number of carbonyl (C=O) groups is 22. The van der Waals surface area contributed by atoms with Gasteiger partial charge in [0, 0.05) is 61.9 Å². The summed E-state index contributed by atoms with van der Waals surface area (Å²) in [6.07, 6.45) is -5.68. The van der Waals surface area contributed by atoms with Crippen LogP contribution in [-0.4, -0.2) is 333 Å². The maximum atomic E-state index is 16.0. The number of rotatable bonds is 25. The Morgan fingerprint density at radius 2 is 1.00 bits per heavy atom. The Kier molecular flexibility index (Phi) is 48.8. The normalized spacial score (nSPS) is 25.4. The van der Waals surface area contributed by atoms with Crippen molar-refractivity contribution >= 4 is 171 Å². The topological polar surface area (TPSA) is 796 Å². The number of primary amides is 2. The lowest BCUT2D eigenvalue weighted by molar-refractivity contribution is -0.143. The molecular weight excluding hydrogens is 1930 g/mol. The summed E-state index contributed by atoms with van der Waals surface area (Å²) in [6.45, 7) is 1.53. The van der Waals surface area contributed by atoms with Gasteiger partial charge in [-0.1, -0.05) is 105 Å². The summed E-state index contributed by atoms with van der Waals surface area (Å²) in [5.74, 6) is -30.3. The van der Waals surface area contributed by atoms with Crippen LogP contribution in [0.1, 0.15) is 121 Å². The van der Waals surface area contributed by atoms with Crippen molar-refractivity contribution in [2.45, 2.75) is 226 Å². The van der Waals surface area contributed by atoms with Crippen LogP contribution >= 0.6 is 35.3 Å². The second-order valence-corrected chi connectivity index (χ2v) is 38.2. The molecule has 4 saturated heterocycles. The van der Waals surface area contributed by atoms with Gasteiger partial charge in [-0.3, -0.25) is 106 Å². The third-order valence-electron chi connectivity index (χ3n) is 23.2. The first-order chi connectivity index (χ1) is 68.1. The molecule has 3 aromatic rings. The molecule has 31 N–H and O–H groups in total. The number of carboxylic acids is 2. The van der Waals surface area contributed by atoms with Crippen molar-refractivity contribution in [3.05, 3.63) is 108 Å². The lowest BCUT2D eigenvalue weighted by Gasteiger charge is -2.29. The van der Waals surface area contributed by atoms with Gasteiger partial charge in [0.2, 0.25) is 112 Å². The Morgan fingerprint density at radius 3 is 1.62 bits per heavy atom. The first-order valence-corrected chi connectivity index (χ1v) is 49.9. The lowest BCUT2D eigenvalue weighted by Crippen LogP contribution is -2.61. The van der Waals surface area contributed by atoms with E-state index in [2.05, 4.69) is 95.7 Å². The molecule has 0 aliphatic carbocycles. The monoisotopic (exact) mass is 2060 g/mol. The maximum Gasteiger partial charge on any atom is 0.326 e. The summed E-state index contributed by atoms with van der Waals surface area (Å²) in [5.41, 5.74) is 26.7. The summed E-state index contributed by atoms with van der Waals surface area (Å²) in [5, 5.41) is 84.5.